The van der Waals surface area contributed by atoms with Crippen LogP contribution in [0.25, 0.3) is 11.1 Å². The van der Waals surface area contributed by atoms with Gasteiger partial charge in [-0.15, -0.1) is 0 Å². The highest BCUT2D eigenvalue weighted by Gasteiger charge is 2.05. The largest absolute Gasteiger partial charge is 0.313 e. The maximum absolute atomic E-state index is 3.55. The van der Waals surface area contributed by atoms with Gasteiger partial charge < -0.3 is 5.32 Å². The van der Waals surface area contributed by atoms with Crippen LogP contribution in [-0.2, 0) is 6.54 Å². The lowest BCUT2D eigenvalue weighted by molar-refractivity contribution is 0.676. The topological polar surface area (TPSA) is 12.0 Å². The molecule has 1 nitrogen and oxygen atoms in total. The second kappa shape index (κ2) is 6.88. The van der Waals surface area contributed by atoms with Crippen molar-refractivity contribution >= 4 is 15.9 Å². The highest BCUT2D eigenvalue weighted by Crippen LogP contribution is 2.27. The molecule has 0 unspecified atom stereocenters. The molecule has 0 radical (unpaired) electrons. The zero-order chi connectivity index (χ0) is 13.7. The zero-order valence-corrected chi connectivity index (χ0v) is 13.1. The Morgan fingerprint density at radius 1 is 1.11 bits per heavy atom. The van der Waals surface area contributed by atoms with E-state index in [0.717, 1.165) is 24.0 Å². The number of rotatable bonds is 5. The number of hydrogen-bond donors (Lipinski definition) is 1. The molecule has 0 aliphatic heterocycles. The first-order valence-electron chi connectivity index (χ1n) is 6.77. The van der Waals surface area contributed by atoms with E-state index in [1.165, 1.54) is 22.3 Å². The van der Waals surface area contributed by atoms with Crippen LogP contribution < -0.4 is 5.32 Å². The van der Waals surface area contributed by atoms with Gasteiger partial charge in [0.05, 0.1) is 0 Å². The van der Waals surface area contributed by atoms with E-state index in [1.807, 2.05) is 0 Å². The zero-order valence-electron chi connectivity index (χ0n) is 11.5. The van der Waals surface area contributed by atoms with E-state index in [0.29, 0.717) is 0 Å². The Hall–Kier alpha value is -1.12. The fourth-order valence-electron chi connectivity index (χ4n) is 2.17. The van der Waals surface area contributed by atoms with Crippen molar-refractivity contribution in [3.8, 4) is 11.1 Å². The van der Waals surface area contributed by atoms with Crippen molar-refractivity contribution in [1.29, 1.82) is 0 Å². The molecule has 0 heterocycles. The lowest BCUT2D eigenvalue weighted by atomic mass is 9.97. The van der Waals surface area contributed by atoms with Gasteiger partial charge in [-0.05, 0) is 48.7 Å². The normalized spacial score (nSPS) is 10.7. The van der Waals surface area contributed by atoms with E-state index >= 15 is 0 Å². The Kier molecular flexibility index (Phi) is 5.17. The van der Waals surface area contributed by atoms with Gasteiger partial charge in [-0.25, -0.2) is 0 Å². The van der Waals surface area contributed by atoms with E-state index in [9.17, 15) is 0 Å². The number of benzene rings is 2. The third-order valence-corrected chi connectivity index (χ3v) is 3.64. The Morgan fingerprint density at radius 2 is 1.95 bits per heavy atom. The summed E-state index contributed by atoms with van der Waals surface area (Å²) >= 11 is 3.55. The van der Waals surface area contributed by atoms with Gasteiger partial charge in [0, 0.05) is 11.0 Å². The molecule has 0 bridgehead atoms. The summed E-state index contributed by atoms with van der Waals surface area (Å²) in [5.74, 6) is 0. The quantitative estimate of drug-likeness (QED) is 0.771. The summed E-state index contributed by atoms with van der Waals surface area (Å²) in [6.07, 6.45) is 1.16. The Balaban J connectivity index is 2.34. The second-order valence-corrected chi connectivity index (χ2v) is 5.76. The molecule has 0 aliphatic carbocycles. The predicted octanol–water partition coefficient (Wildman–Crippen LogP) is 4.92. The van der Waals surface area contributed by atoms with Gasteiger partial charge in [-0.1, -0.05) is 58.7 Å². The van der Waals surface area contributed by atoms with Crippen molar-refractivity contribution in [3.63, 3.8) is 0 Å². The van der Waals surface area contributed by atoms with Gasteiger partial charge in [0.25, 0.3) is 0 Å². The average molecular weight is 318 g/mol. The average Bonchev–Trinajstić information content (AvgIpc) is 2.40. The molecule has 0 aromatic heterocycles. The second-order valence-electron chi connectivity index (χ2n) is 4.85. The minimum Gasteiger partial charge on any atom is -0.313 e. The number of hydrogen-bond acceptors (Lipinski definition) is 1. The van der Waals surface area contributed by atoms with Crippen LogP contribution in [0.3, 0.4) is 0 Å². The maximum Gasteiger partial charge on any atom is 0.0211 e. The third-order valence-electron chi connectivity index (χ3n) is 3.14. The van der Waals surface area contributed by atoms with E-state index in [4.69, 9.17) is 0 Å². The van der Waals surface area contributed by atoms with Gasteiger partial charge in [0.1, 0.15) is 0 Å². The van der Waals surface area contributed by atoms with Gasteiger partial charge in [-0.2, -0.15) is 0 Å². The monoisotopic (exact) mass is 317 g/mol. The van der Waals surface area contributed by atoms with Gasteiger partial charge in [0.2, 0.25) is 0 Å². The smallest absolute Gasteiger partial charge is 0.0211 e. The molecule has 0 aliphatic rings. The van der Waals surface area contributed by atoms with Crippen LogP contribution in [0.4, 0.5) is 0 Å². The molecular weight excluding hydrogens is 298 g/mol. The summed E-state index contributed by atoms with van der Waals surface area (Å²) in [5, 5.41) is 3.48. The fourth-order valence-corrected chi connectivity index (χ4v) is 2.57. The van der Waals surface area contributed by atoms with Crippen LogP contribution in [0, 0.1) is 6.92 Å². The molecule has 2 heteroatoms. The van der Waals surface area contributed by atoms with Gasteiger partial charge in [-0.3, -0.25) is 0 Å². The molecular formula is C17H20BrN. The van der Waals surface area contributed by atoms with Crippen LogP contribution >= 0.6 is 15.9 Å². The number of halogens is 1. The first-order chi connectivity index (χ1) is 9.20. The van der Waals surface area contributed by atoms with Crippen LogP contribution in [0.5, 0.6) is 0 Å². The lowest BCUT2D eigenvalue weighted by Gasteiger charge is -2.12. The van der Waals surface area contributed by atoms with Gasteiger partial charge in [0.15, 0.2) is 0 Å². The van der Waals surface area contributed by atoms with E-state index in [2.05, 4.69) is 77.6 Å². The molecule has 2 aromatic carbocycles. The van der Waals surface area contributed by atoms with Crippen LogP contribution in [0.15, 0.2) is 46.9 Å². The highest BCUT2D eigenvalue weighted by molar-refractivity contribution is 9.10. The molecule has 19 heavy (non-hydrogen) atoms. The number of aryl methyl sites for hydroxylation is 1. The standard InChI is InChI=1S/C17H20BrN/c1-3-9-19-12-15-8-7-13(2)10-17(15)14-5-4-6-16(18)11-14/h4-8,10-11,19H,3,9,12H2,1-2H3. The first-order valence-corrected chi connectivity index (χ1v) is 7.56. The van der Waals surface area contributed by atoms with Crippen LogP contribution in [0.2, 0.25) is 0 Å². The minimum atomic E-state index is 0.927. The van der Waals surface area contributed by atoms with Crippen molar-refractivity contribution in [2.24, 2.45) is 0 Å². The Morgan fingerprint density at radius 3 is 2.68 bits per heavy atom. The number of nitrogens with one attached hydrogen (secondary N) is 1. The van der Waals surface area contributed by atoms with Crippen molar-refractivity contribution in [1.82, 2.24) is 5.32 Å². The molecule has 0 atom stereocenters. The summed E-state index contributed by atoms with van der Waals surface area (Å²) in [7, 11) is 0. The molecule has 0 saturated carbocycles. The minimum absolute atomic E-state index is 0.927. The fraction of sp³-hybridized carbons (Fsp3) is 0.294. The molecule has 2 aromatic rings. The maximum atomic E-state index is 3.55. The highest BCUT2D eigenvalue weighted by atomic mass is 79.9. The first kappa shape index (κ1) is 14.3. The van der Waals surface area contributed by atoms with Gasteiger partial charge >= 0.3 is 0 Å². The summed E-state index contributed by atoms with van der Waals surface area (Å²) in [6.45, 7) is 6.32. The van der Waals surface area contributed by atoms with Crippen molar-refractivity contribution in [3.05, 3.63) is 58.1 Å². The molecule has 0 fully saturated rings. The summed E-state index contributed by atoms with van der Waals surface area (Å²) in [6, 6.07) is 15.2. The van der Waals surface area contributed by atoms with E-state index < -0.39 is 0 Å². The SMILES string of the molecule is CCCNCc1ccc(C)cc1-c1cccc(Br)c1. The summed E-state index contributed by atoms with van der Waals surface area (Å²) in [4.78, 5) is 0. The van der Waals surface area contributed by atoms with Crippen LogP contribution in [-0.4, -0.2) is 6.54 Å². The molecule has 2 rings (SSSR count). The summed E-state index contributed by atoms with van der Waals surface area (Å²) < 4.78 is 1.12. The third kappa shape index (κ3) is 3.92. The van der Waals surface area contributed by atoms with Crippen molar-refractivity contribution < 1.29 is 0 Å². The van der Waals surface area contributed by atoms with E-state index in [-0.39, 0.29) is 0 Å². The predicted molar refractivity (Wildman–Crippen MR) is 86.3 cm³/mol. The Labute approximate surface area is 124 Å². The van der Waals surface area contributed by atoms with Crippen molar-refractivity contribution in [2.45, 2.75) is 26.8 Å². The molecule has 100 valence electrons. The Bertz CT molecular complexity index is 549. The molecule has 0 amide bonds. The van der Waals surface area contributed by atoms with Crippen molar-refractivity contribution in [2.75, 3.05) is 6.54 Å². The lowest BCUT2D eigenvalue weighted by Crippen LogP contribution is -2.14. The molecule has 0 spiro atoms. The van der Waals surface area contributed by atoms with Crippen LogP contribution in [0.1, 0.15) is 24.5 Å². The molecule has 0 saturated heterocycles. The summed E-state index contributed by atoms with van der Waals surface area (Å²) in [5.41, 5.74) is 5.25. The van der Waals surface area contributed by atoms with E-state index in [1.54, 1.807) is 0 Å². The molecule has 1 N–H and O–H groups in total.